The molecule has 0 spiro atoms. The molecule has 0 aliphatic rings. The van der Waals surface area contributed by atoms with Gasteiger partial charge in [0.05, 0.1) is 6.61 Å². The highest BCUT2D eigenvalue weighted by molar-refractivity contribution is 4.65. The Morgan fingerprint density at radius 3 is 2.46 bits per heavy atom. The van der Waals surface area contributed by atoms with Crippen molar-refractivity contribution >= 4 is 0 Å². The Morgan fingerprint density at radius 1 is 1.31 bits per heavy atom. The average molecular weight is 187 g/mol. The Bertz CT molecular complexity index is 104. The summed E-state index contributed by atoms with van der Waals surface area (Å²) in [7, 11) is 1.74. The van der Waals surface area contributed by atoms with Crippen LogP contribution in [0.5, 0.6) is 0 Å². The van der Waals surface area contributed by atoms with Crippen molar-refractivity contribution < 1.29 is 4.74 Å². The third-order valence-electron chi connectivity index (χ3n) is 2.49. The van der Waals surface area contributed by atoms with Gasteiger partial charge in [0.15, 0.2) is 0 Å². The summed E-state index contributed by atoms with van der Waals surface area (Å²) >= 11 is 0. The molecule has 0 aliphatic carbocycles. The predicted octanol–water partition coefficient (Wildman–Crippen LogP) is 2.29. The zero-order valence-corrected chi connectivity index (χ0v) is 9.60. The SMILES string of the molecule is CCCC(CNCCOC)C(C)C. The van der Waals surface area contributed by atoms with Crippen molar-refractivity contribution in [2.45, 2.75) is 33.6 Å². The maximum atomic E-state index is 4.98. The van der Waals surface area contributed by atoms with E-state index in [1.165, 1.54) is 12.8 Å². The molecule has 0 aromatic heterocycles. The van der Waals surface area contributed by atoms with E-state index in [2.05, 4.69) is 26.1 Å². The minimum atomic E-state index is 0.787. The molecule has 0 heterocycles. The molecule has 1 unspecified atom stereocenters. The fraction of sp³-hybridized carbons (Fsp3) is 1.00. The summed E-state index contributed by atoms with van der Waals surface area (Å²) in [5.74, 6) is 1.61. The van der Waals surface area contributed by atoms with Gasteiger partial charge in [-0.2, -0.15) is 0 Å². The second-order valence-corrected chi connectivity index (χ2v) is 3.99. The van der Waals surface area contributed by atoms with Gasteiger partial charge in [-0.1, -0.05) is 27.2 Å². The minimum Gasteiger partial charge on any atom is -0.383 e. The third kappa shape index (κ3) is 7.03. The van der Waals surface area contributed by atoms with Crippen LogP contribution in [0, 0.1) is 11.8 Å². The topological polar surface area (TPSA) is 21.3 Å². The highest BCUT2D eigenvalue weighted by atomic mass is 16.5. The number of ether oxygens (including phenoxy) is 1. The molecule has 1 N–H and O–H groups in total. The first-order valence-electron chi connectivity index (χ1n) is 5.42. The lowest BCUT2D eigenvalue weighted by Crippen LogP contribution is -2.28. The van der Waals surface area contributed by atoms with Gasteiger partial charge in [0.1, 0.15) is 0 Å². The summed E-state index contributed by atoms with van der Waals surface area (Å²) in [4.78, 5) is 0. The number of rotatable bonds is 8. The highest BCUT2D eigenvalue weighted by Gasteiger charge is 2.10. The summed E-state index contributed by atoms with van der Waals surface area (Å²) in [6, 6.07) is 0. The van der Waals surface area contributed by atoms with Gasteiger partial charge in [0.2, 0.25) is 0 Å². The van der Waals surface area contributed by atoms with Crippen LogP contribution in [-0.4, -0.2) is 26.8 Å². The molecular formula is C11H25NO. The minimum absolute atomic E-state index is 0.787. The van der Waals surface area contributed by atoms with Gasteiger partial charge in [0, 0.05) is 13.7 Å². The number of nitrogens with one attached hydrogen (secondary N) is 1. The molecule has 1 atom stereocenters. The van der Waals surface area contributed by atoms with Gasteiger partial charge >= 0.3 is 0 Å². The largest absolute Gasteiger partial charge is 0.383 e. The van der Waals surface area contributed by atoms with Gasteiger partial charge in [0.25, 0.3) is 0 Å². The van der Waals surface area contributed by atoms with Crippen LogP contribution in [0.4, 0.5) is 0 Å². The number of hydrogen-bond donors (Lipinski definition) is 1. The summed E-state index contributed by atoms with van der Waals surface area (Å²) in [5.41, 5.74) is 0. The third-order valence-corrected chi connectivity index (χ3v) is 2.49. The van der Waals surface area contributed by atoms with E-state index in [9.17, 15) is 0 Å². The van der Waals surface area contributed by atoms with E-state index >= 15 is 0 Å². The van der Waals surface area contributed by atoms with E-state index in [4.69, 9.17) is 4.74 Å². The lowest BCUT2D eigenvalue weighted by molar-refractivity contribution is 0.195. The Kier molecular flexibility index (Phi) is 8.46. The van der Waals surface area contributed by atoms with Crippen molar-refractivity contribution in [3.8, 4) is 0 Å². The fourth-order valence-corrected chi connectivity index (χ4v) is 1.50. The molecule has 0 saturated carbocycles. The monoisotopic (exact) mass is 187 g/mol. The van der Waals surface area contributed by atoms with Crippen LogP contribution < -0.4 is 5.32 Å². The molecule has 0 fully saturated rings. The molecule has 13 heavy (non-hydrogen) atoms. The standard InChI is InChI=1S/C11H25NO/c1-5-6-11(10(2)3)9-12-7-8-13-4/h10-12H,5-9H2,1-4H3. The highest BCUT2D eigenvalue weighted by Crippen LogP contribution is 2.15. The summed E-state index contributed by atoms with van der Waals surface area (Å²) in [6.45, 7) is 9.79. The van der Waals surface area contributed by atoms with Crippen LogP contribution in [0.3, 0.4) is 0 Å². The van der Waals surface area contributed by atoms with Crippen LogP contribution in [0.25, 0.3) is 0 Å². The Labute approximate surface area is 83.1 Å². The Morgan fingerprint density at radius 2 is 2.00 bits per heavy atom. The maximum absolute atomic E-state index is 4.98. The molecule has 2 heteroatoms. The van der Waals surface area contributed by atoms with Crippen molar-refractivity contribution in [3.05, 3.63) is 0 Å². The number of methoxy groups -OCH3 is 1. The van der Waals surface area contributed by atoms with E-state index in [0.29, 0.717) is 0 Å². The van der Waals surface area contributed by atoms with Gasteiger partial charge in [-0.25, -0.2) is 0 Å². The maximum Gasteiger partial charge on any atom is 0.0587 e. The first-order valence-corrected chi connectivity index (χ1v) is 5.42. The van der Waals surface area contributed by atoms with Gasteiger partial charge in [-0.05, 0) is 24.8 Å². The second kappa shape index (κ2) is 8.52. The summed E-state index contributed by atoms with van der Waals surface area (Å²) in [6.07, 6.45) is 2.62. The molecule has 80 valence electrons. The van der Waals surface area contributed by atoms with Crippen LogP contribution in [0.1, 0.15) is 33.6 Å². The quantitative estimate of drug-likeness (QED) is 0.589. The summed E-state index contributed by atoms with van der Waals surface area (Å²) in [5, 5.41) is 3.43. The van der Waals surface area contributed by atoms with Crippen molar-refractivity contribution in [3.63, 3.8) is 0 Å². The van der Waals surface area contributed by atoms with Crippen molar-refractivity contribution in [2.75, 3.05) is 26.8 Å². The van der Waals surface area contributed by atoms with Gasteiger partial charge < -0.3 is 10.1 Å². The van der Waals surface area contributed by atoms with Crippen LogP contribution in [0.2, 0.25) is 0 Å². The zero-order valence-electron chi connectivity index (χ0n) is 9.60. The van der Waals surface area contributed by atoms with Crippen molar-refractivity contribution in [1.82, 2.24) is 5.32 Å². The lowest BCUT2D eigenvalue weighted by Gasteiger charge is -2.20. The molecule has 0 aromatic rings. The van der Waals surface area contributed by atoms with Crippen LogP contribution >= 0.6 is 0 Å². The normalized spacial score (nSPS) is 13.6. The van der Waals surface area contributed by atoms with Gasteiger partial charge in [-0.3, -0.25) is 0 Å². The Balaban J connectivity index is 3.45. The average Bonchev–Trinajstić information content (AvgIpc) is 2.10. The predicted molar refractivity (Wildman–Crippen MR) is 58.0 cm³/mol. The van der Waals surface area contributed by atoms with Crippen LogP contribution in [-0.2, 0) is 4.74 Å². The molecule has 0 saturated heterocycles. The molecular weight excluding hydrogens is 162 g/mol. The molecule has 0 bridgehead atoms. The number of hydrogen-bond acceptors (Lipinski definition) is 2. The van der Waals surface area contributed by atoms with E-state index in [1.54, 1.807) is 7.11 Å². The molecule has 0 amide bonds. The van der Waals surface area contributed by atoms with E-state index < -0.39 is 0 Å². The second-order valence-electron chi connectivity index (χ2n) is 3.99. The smallest absolute Gasteiger partial charge is 0.0587 e. The summed E-state index contributed by atoms with van der Waals surface area (Å²) < 4.78 is 4.98. The fourth-order valence-electron chi connectivity index (χ4n) is 1.50. The molecule has 0 radical (unpaired) electrons. The van der Waals surface area contributed by atoms with Crippen LogP contribution in [0.15, 0.2) is 0 Å². The molecule has 0 aliphatic heterocycles. The van der Waals surface area contributed by atoms with Crippen molar-refractivity contribution in [1.29, 1.82) is 0 Å². The van der Waals surface area contributed by atoms with E-state index in [0.717, 1.165) is 31.5 Å². The zero-order chi connectivity index (χ0) is 10.1. The van der Waals surface area contributed by atoms with E-state index in [1.807, 2.05) is 0 Å². The van der Waals surface area contributed by atoms with Crippen molar-refractivity contribution in [2.24, 2.45) is 11.8 Å². The Hall–Kier alpha value is -0.0800. The van der Waals surface area contributed by atoms with E-state index in [-0.39, 0.29) is 0 Å². The first kappa shape index (κ1) is 12.9. The molecule has 2 nitrogen and oxygen atoms in total. The first-order chi connectivity index (χ1) is 6.22. The lowest BCUT2D eigenvalue weighted by atomic mass is 9.91. The molecule has 0 rings (SSSR count). The van der Waals surface area contributed by atoms with Gasteiger partial charge in [-0.15, -0.1) is 0 Å². The molecule has 0 aromatic carbocycles.